The molecular formula is C20H24O. The van der Waals surface area contributed by atoms with Crippen molar-refractivity contribution in [2.75, 3.05) is 0 Å². The van der Waals surface area contributed by atoms with Crippen LogP contribution in [0, 0.1) is 0 Å². The van der Waals surface area contributed by atoms with Crippen molar-refractivity contribution in [1.29, 1.82) is 0 Å². The Balaban J connectivity index is 1.72. The molecule has 0 saturated heterocycles. The third-order valence-corrected chi connectivity index (χ3v) is 4.71. The first-order valence-electron chi connectivity index (χ1n) is 8.18. The van der Waals surface area contributed by atoms with Gasteiger partial charge in [0.25, 0.3) is 0 Å². The van der Waals surface area contributed by atoms with Crippen molar-refractivity contribution in [2.45, 2.75) is 50.9 Å². The van der Waals surface area contributed by atoms with Gasteiger partial charge in [0.15, 0.2) is 0 Å². The monoisotopic (exact) mass is 280 g/mol. The maximum Gasteiger partial charge on any atom is 0.118 e. The minimum Gasteiger partial charge on any atom is -0.508 e. The molecule has 0 aromatic heterocycles. The van der Waals surface area contributed by atoms with Crippen molar-refractivity contribution in [2.24, 2.45) is 0 Å². The van der Waals surface area contributed by atoms with Crippen molar-refractivity contribution in [3.05, 3.63) is 65.2 Å². The number of hydrogen-bond donors (Lipinski definition) is 1. The van der Waals surface area contributed by atoms with Gasteiger partial charge in [-0.1, -0.05) is 61.7 Å². The van der Waals surface area contributed by atoms with Crippen LogP contribution < -0.4 is 0 Å². The zero-order valence-electron chi connectivity index (χ0n) is 12.6. The summed E-state index contributed by atoms with van der Waals surface area (Å²) in [7, 11) is 0. The van der Waals surface area contributed by atoms with E-state index in [-0.39, 0.29) is 0 Å². The Kier molecular flexibility index (Phi) is 4.59. The van der Waals surface area contributed by atoms with Crippen LogP contribution in [0.15, 0.2) is 48.5 Å². The largest absolute Gasteiger partial charge is 0.508 e. The van der Waals surface area contributed by atoms with Gasteiger partial charge in [0, 0.05) is 0 Å². The first-order chi connectivity index (χ1) is 10.3. The average molecular weight is 280 g/mol. The minimum atomic E-state index is 0.450. The number of phenols is 1. The number of phenolic OH excluding ortho intramolecular Hbond substituents is 1. The molecule has 0 bridgehead atoms. The summed E-state index contributed by atoms with van der Waals surface area (Å²) in [6.45, 7) is 0. The van der Waals surface area contributed by atoms with Gasteiger partial charge in [-0.15, -0.1) is 0 Å². The van der Waals surface area contributed by atoms with Crippen molar-refractivity contribution < 1.29 is 5.11 Å². The Morgan fingerprint density at radius 1 is 0.857 bits per heavy atom. The van der Waals surface area contributed by atoms with E-state index in [0.29, 0.717) is 11.7 Å². The van der Waals surface area contributed by atoms with Gasteiger partial charge in [0.05, 0.1) is 0 Å². The highest BCUT2D eigenvalue weighted by molar-refractivity contribution is 5.38. The Morgan fingerprint density at radius 3 is 2.38 bits per heavy atom. The zero-order valence-corrected chi connectivity index (χ0v) is 12.6. The molecule has 2 aromatic rings. The Morgan fingerprint density at radius 2 is 1.62 bits per heavy atom. The fraction of sp³-hybridized carbons (Fsp3) is 0.400. The summed E-state index contributed by atoms with van der Waals surface area (Å²) in [5, 5.41) is 10.1. The van der Waals surface area contributed by atoms with Crippen LogP contribution in [0.1, 0.15) is 54.7 Å². The number of aromatic hydroxyl groups is 1. The lowest BCUT2D eigenvalue weighted by Crippen LogP contribution is -2.05. The molecule has 3 rings (SSSR count). The van der Waals surface area contributed by atoms with Gasteiger partial charge in [-0.05, 0) is 54.4 Å². The fourth-order valence-electron chi connectivity index (χ4n) is 3.42. The van der Waals surface area contributed by atoms with Crippen molar-refractivity contribution in [3.8, 4) is 5.75 Å². The van der Waals surface area contributed by atoms with E-state index in [4.69, 9.17) is 0 Å². The fourth-order valence-corrected chi connectivity index (χ4v) is 3.42. The van der Waals surface area contributed by atoms with E-state index < -0.39 is 0 Å². The van der Waals surface area contributed by atoms with Crippen molar-refractivity contribution >= 4 is 0 Å². The van der Waals surface area contributed by atoms with Crippen LogP contribution in [0.4, 0.5) is 0 Å². The first kappa shape index (κ1) is 14.2. The maximum atomic E-state index is 10.1. The summed E-state index contributed by atoms with van der Waals surface area (Å²) < 4.78 is 0. The molecule has 1 heteroatoms. The molecule has 0 heterocycles. The Bertz CT molecular complexity index is 568. The van der Waals surface area contributed by atoms with Crippen molar-refractivity contribution in [1.82, 2.24) is 0 Å². The van der Waals surface area contributed by atoms with Gasteiger partial charge < -0.3 is 5.11 Å². The smallest absolute Gasteiger partial charge is 0.118 e. The van der Waals surface area contributed by atoms with Crippen LogP contribution in [0.25, 0.3) is 0 Å². The number of benzene rings is 2. The first-order valence-corrected chi connectivity index (χ1v) is 8.18. The predicted molar refractivity (Wildman–Crippen MR) is 87.8 cm³/mol. The molecule has 2 aromatic carbocycles. The zero-order chi connectivity index (χ0) is 14.5. The van der Waals surface area contributed by atoms with Crippen LogP contribution in [-0.2, 0) is 12.8 Å². The molecule has 1 N–H and O–H groups in total. The van der Waals surface area contributed by atoms with Crippen LogP contribution in [0.2, 0.25) is 0 Å². The summed E-state index contributed by atoms with van der Waals surface area (Å²) >= 11 is 0. The molecule has 1 fully saturated rings. The number of aryl methyl sites for hydroxylation is 2. The summed E-state index contributed by atoms with van der Waals surface area (Å²) in [6.07, 6.45) is 8.61. The predicted octanol–water partition coefficient (Wildman–Crippen LogP) is 5.23. The highest BCUT2D eigenvalue weighted by Crippen LogP contribution is 2.34. The minimum absolute atomic E-state index is 0.450. The molecule has 110 valence electrons. The van der Waals surface area contributed by atoms with Gasteiger partial charge in [-0.25, -0.2) is 0 Å². The van der Waals surface area contributed by atoms with Crippen molar-refractivity contribution in [3.63, 3.8) is 0 Å². The molecule has 1 aliphatic rings. The van der Waals surface area contributed by atoms with Crippen LogP contribution in [0.3, 0.4) is 0 Å². The van der Waals surface area contributed by atoms with Gasteiger partial charge in [-0.2, -0.15) is 0 Å². The number of hydrogen-bond acceptors (Lipinski definition) is 1. The average Bonchev–Trinajstić information content (AvgIpc) is 2.56. The standard InChI is InChI=1S/C20H24O/c21-20-14-13-18(17-9-5-2-6-10-17)15-19(20)12-11-16-7-3-1-4-8-16/h1,3-4,7-8,13-15,17,21H,2,5-6,9-12H2. The lowest BCUT2D eigenvalue weighted by atomic mass is 9.83. The van der Waals surface area contributed by atoms with Gasteiger partial charge in [0.2, 0.25) is 0 Å². The van der Waals surface area contributed by atoms with E-state index in [2.05, 4.69) is 36.4 Å². The summed E-state index contributed by atoms with van der Waals surface area (Å²) in [5.41, 5.74) is 3.86. The van der Waals surface area contributed by atoms with Gasteiger partial charge in [-0.3, -0.25) is 0 Å². The van der Waals surface area contributed by atoms with Crippen LogP contribution >= 0.6 is 0 Å². The van der Waals surface area contributed by atoms with Gasteiger partial charge >= 0.3 is 0 Å². The SMILES string of the molecule is Oc1ccc(C2CCCCC2)cc1CCc1ccccc1. The molecule has 1 nitrogen and oxygen atoms in total. The molecule has 0 aliphatic heterocycles. The molecule has 0 spiro atoms. The Hall–Kier alpha value is -1.76. The van der Waals surface area contributed by atoms with E-state index in [1.807, 2.05) is 12.1 Å². The molecule has 1 aliphatic carbocycles. The lowest BCUT2D eigenvalue weighted by Gasteiger charge is -2.22. The summed E-state index contributed by atoms with van der Waals surface area (Å²) in [4.78, 5) is 0. The summed E-state index contributed by atoms with van der Waals surface area (Å²) in [5.74, 6) is 1.15. The van der Waals surface area contributed by atoms with E-state index >= 15 is 0 Å². The van der Waals surface area contributed by atoms with E-state index in [1.165, 1.54) is 43.2 Å². The molecular weight excluding hydrogens is 256 g/mol. The topological polar surface area (TPSA) is 20.2 Å². The second-order valence-corrected chi connectivity index (χ2v) is 6.21. The molecule has 21 heavy (non-hydrogen) atoms. The third-order valence-electron chi connectivity index (χ3n) is 4.71. The molecule has 0 atom stereocenters. The third kappa shape index (κ3) is 3.66. The quantitative estimate of drug-likeness (QED) is 0.813. The lowest BCUT2D eigenvalue weighted by molar-refractivity contribution is 0.440. The highest BCUT2D eigenvalue weighted by Gasteiger charge is 2.16. The summed E-state index contributed by atoms with van der Waals surface area (Å²) in [6, 6.07) is 16.8. The number of rotatable bonds is 4. The second kappa shape index (κ2) is 6.80. The van der Waals surface area contributed by atoms with E-state index in [0.717, 1.165) is 18.4 Å². The Labute approximate surface area is 127 Å². The van der Waals surface area contributed by atoms with Gasteiger partial charge in [0.1, 0.15) is 5.75 Å². The molecule has 0 unspecified atom stereocenters. The normalized spacial score (nSPS) is 16.0. The molecule has 1 saturated carbocycles. The molecule has 0 amide bonds. The highest BCUT2D eigenvalue weighted by atomic mass is 16.3. The van der Waals surface area contributed by atoms with E-state index in [9.17, 15) is 5.11 Å². The molecule has 0 radical (unpaired) electrons. The van der Waals surface area contributed by atoms with Crippen LogP contribution in [-0.4, -0.2) is 5.11 Å². The van der Waals surface area contributed by atoms with E-state index in [1.54, 1.807) is 0 Å². The second-order valence-electron chi connectivity index (χ2n) is 6.21. The maximum absolute atomic E-state index is 10.1. The van der Waals surface area contributed by atoms with Crippen LogP contribution in [0.5, 0.6) is 5.75 Å².